The highest BCUT2D eigenvalue weighted by Crippen LogP contribution is 2.28. The Balaban J connectivity index is 1.79. The normalized spacial score (nSPS) is 14.7. The first kappa shape index (κ1) is 15.1. The van der Waals surface area contributed by atoms with Crippen LogP contribution < -0.4 is 10.2 Å². The lowest BCUT2D eigenvalue weighted by molar-refractivity contribution is 0.102. The zero-order valence-corrected chi connectivity index (χ0v) is 14.0. The maximum absolute atomic E-state index is 12.4. The lowest BCUT2D eigenvalue weighted by Crippen LogP contribution is -2.30. The van der Waals surface area contributed by atoms with Gasteiger partial charge in [-0.2, -0.15) is 0 Å². The molecule has 1 aliphatic rings. The van der Waals surface area contributed by atoms with E-state index in [9.17, 15) is 4.79 Å². The van der Waals surface area contributed by atoms with Gasteiger partial charge in [0, 0.05) is 23.1 Å². The fraction of sp³-hybridized carbons (Fsp3) is 0.278. The van der Waals surface area contributed by atoms with Crippen LogP contribution in [0.2, 0.25) is 0 Å². The van der Waals surface area contributed by atoms with Crippen LogP contribution in [0.15, 0.2) is 53.0 Å². The van der Waals surface area contributed by atoms with Crippen LogP contribution in [0.4, 0.5) is 11.4 Å². The Morgan fingerprint density at radius 1 is 0.955 bits per heavy atom. The molecule has 1 heterocycles. The molecule has 0 aromatic heterocycles. The van der Waals surface area contributed by atoms with Gasteiger partial charge in [-0.05, 0) is 55.7 Å². The number of piperidine rings is 1. The number of carbonyl (C=O) groups is 1. The number of nitrogens with one attached hydrogen (secondary N) is 1. The van der Waals surface area contributed by atoms with Crippen molar-refractivity contribution in [1.82, 2.24) is 0 Å². The third-order valence-electron chi connectivity index (χ3n) is 3.96. The number of hydrogen-bond donors (Lipinski definition) is 1. The van der Waals surface area contributed by atoms with Crippen LogP contribution in [-0.2, 0) is 0 Å². The molecule has 0 saturated carbocycles. The molecule has 4 heteroatoms. The third-order valence-corrected chi connectivity index (χ3v) is 4.48. The fourth-order valence-electron chi connectivity index (χ4n) is 2.79. The monoisotopic (exact) mass is 358 g/mol. The van der Waals surface area contributed by atoms with Crippen molar-refractivity contribution in [2.24, 2.45) is 0 Å². The summed E-state index contributed by atoms with van der Waals surface area (Å²) in [5, 5.41) is 3.05. The van der Waals surface area contributed by atoms with Gasteiger partial charge in [-0.25, -0.2) is 0 Å². The molecule has 22 heavy (non-hydrogen) atoms. The van der Waals surface area contributed by atoms with Crippen molar-refractivity contribution < 1.29 is 4.79 Å². The number of rotatable bonds is 3. The molecule has 0 radical (unpaired) electrons. The lowest BCUT2D eigenvalue weighted by Gasteiger charge is -2.30. The van der Waals surface area contributed by atoms with Crippen LogP contribution >= 0.6 is 15.9 Å². The van der Waals surface area contributed by atoms with Crippen LogP contribution in [0, 0.1) is 0 Å². The minimum Gasteiger partial charge on any atom is -0.370 e. The second kappa shape index (κ2) is 6.97. The maximum Gasteiger partial charge on any atom is 0.255 e. The summed E-state index contributed by atoms with van der Waals surface area (Å²) in [4.78, 5) is 14.8. The van der Waals surface area contributed by atoms with E-state index in [0.29, 0.717) is 5.56 Å². The van der Waals surface area contributed by atoms with Gasteiger partial charge in [0.2, 0.25) is 0 Å². The number of amides is 1. The zero-order chi connectivity index (χ0) is 15.4. The van der Waals surface area contributed by atoms with Crippen LogP contribution in [0.3, 0.4) is 0 Å². The molecule has 1 aliphatic heterocycles. The van der Waals surface area contributed by atoms with Crippen molar-refractivity contribution in [3.8, 4) is 0 Å². The molecule has 1 amide bonds. The number of nitrogens with zero attached hydrogens (tertiary/aromatic N) is 1. The number of hydrogen-bond acceptors (Lipinski definition) is 2. The molecule has 2 aromatic rings. The first-order valence-corrected chi connectivity index (χ1v) is 8.44. The van der Waals surface area contributed by atoms with Crippen LogP contribution in [0.5, 0.6) is 0 Å². The number of carbonyl (C=O) groups excluding carboxylic acids is 1. The topological polar surface area (TPSA) is 32.3 Å². The second-order valence-corrected chi connectivity index (χ2v) is 6.44. The van der Waals surface area contributed by atoms with Gasteiger partial charge in [0.05, 0.1) is 11.4 Å². The summed E-state index contributed by atoms with van der Waals surface area (Å²) >= 11 is 3.39. The average Bonchev–Trinajstić information content (AvgIpc) is 2.57. The van der Waals surface area contributed by atoms with E-state index in [0.717, 1.165) is 28.9 Å². The maximum atomic E-state index is 12.4. The summed E-state index contributed by atoms with van der Waals surface area (Å²) in [6, 6.07) is 15.5. The molecule has 3 rings (SSSR count). The second-order valence-electron chi connectivity index (χ2n) is 5.53. The number of halogens is 1. The summed E-state index contributed by atoms with van der Waals surface area (Å²) in [5.74, 6) is -0.0723. The smallest absolute Gasteiger partial charge is 0.255 e. The van der Waals surface area contributed by atoms with Crippen molar-refractivity contribution >= 4 is 33.2 Å². The number of benzene rings is 2. The van der Waals surface area contributed by atoms with Gasteiger partial charge in [-0.1, -0.05) is 28.1 Å². The molecule has 1 N–H and O–H groups in total. The van der Waals surface area contributed by atoms with E-state index in [-0.39, 0.29) is 5.91 Å². The van der Waals surface area contributed by atoms with Gasteiger partial charge in [0.1, 0.15) is 0 Å². The van der Waals surface area contributed by atoms with Gasteiger partial charge in [0.15, 0.2) is 0 Å². The van der Waals surface area contributed by atoms with E-state index >= 15 is 0 Å². The van der Waals surface area contributed by atoms with E-state index in [1.54, 1.807) is 0 Å². The minimum atomic E-state index is -0.0723. The van der Waals surface area contributed by atoms with Gasteiger partial charge in [-0.15, -0.1) is 0 Å². The Hall–Kier alpha value is -1.81. The summed E-state index contributed by atoms with van der Waals surface area (Å²) in [5.41, 5.74) is 2.67. The summed E-state index contributed by atoms with van der Waals surface area (Å²) < 4.78 is 0.970. The van der Waals surface area contributed by atoms with E-state index in [1.807, 2.05) is 42.5 Å². The molecular formula is C18H19BrN2O. The van der Waals surface area contributed by atoms with Crippen LogP contribution in [-0.4, -0.2) is 19.0 Å². The molecule has 3 nitrogen and oxygen atoms in total. The molecule has 1 fully saturated rings. The van der Waals surface area contributed by atoms with Gasteiger partial charge in [-0.3, -0.25) is 4.79 Å². The molecule has 0 aliphatic carbocycles. The molecule has 0 unspecified atom stereocenters. The predicted molar refractivity (Wildman–Crippen MR) is 94.6 cm³/mol. The molecule has 0 spiro atoms. The van der Waals surface area contributed by atoms with Crippen molar-refractivity contribution in [2.45, 2.75) is 19.3 Å². The molecule has 1 saturated heterocycles. The van der Waals surface area contributed by atoms with E-state index in [2.05, 4.69) is 32.2 Å². The highest BCUT2D eigenvalue weighted by atomic mass is 79.9. The van der Waals surface area contributed by atoms with Gasteiger partial charge >= 0.3 is 0 Å². The highest BCUT2D eigenvalue weighted by Gasteiger charge is 2.15. The summed E-state index contributed by atoms with van der Waals surface area (Å²) in [7, 11) is 0. The van der Waals surface area contributed by atoms with Gasteiger partial charge < -0.3 is 10.2 Å². The van der Waals surface area contributed by atoms with Crippen molar-refractivity contribution in [3.63, 3.8) is 0 Å². The first-order valence-electron chi connectivity index (χ1n) is 7.65. The molecule has 0 atom stereocenters. The third kappa shape index (κ3) is 3.50. The van der Waals surface area contributed by atoms with E-state index < -0.39 is 0 Å². The standard InChI is InChI=1S/C18H19BrN2O/c19-15-10-8-14(9-11-15)18(22)20-16-6-2-3-7-17(16)21-12-4-1-5-13-21/h2-3,6-11H,1,4-5,12-13H2,(H,20,22). The van der Waals surface area contributed by atoms with E-state index in [4.69, 9.17) is 0 Å². The number of anilines is 2. The van der Waals surface area contributed by atoms with Crippen LogP contribution in [0.1, 0.15) is 29.6 Å². The largest absolute Gasteiger partial charge is 0.370 e. The summed E-state index contributed by atoms with van der Waals surface area (Å²) in [6.45, 7) is 2.12. The zero-order valence-electron chi connectivity index (χ0n) is 12.4. The quantitative estimate of drug-likeness (QED) is 0.862. The Kier molecular flexibility index (Phi) is 4.78. The Bertz CT molecular complexity index is 648. The molecule has 2 aromatic carbocycles. The van der Waals surface area contributed by atoms with Gasteiger partial charge in [0.25, 0.3) is 5.91 Å². The Morgan fingerprint density at radius 2 is 1.64 bits per heavy atom. The van der Waals surface area contributed by atoms with Crippen molar-refractivity contribution in [2.75, 3.05) is 23.3 Å². The average molecular weight is 359 g/mol. The first-order chi connectivity index (χ1) is 10.7. The highest BCUT2D eigenvalue weighted by molar-refractivity contribution is 9.10. The molecular weight excluding hydrogens is 340 g/mol. The minimum absolute atomic E-state index is 0.0723. The SMILES string of the molecule is O=C(Nc1ccccc1N1CCCCC1)c1ccc(Br)cc1. The van der Waals surface area contributed by atoms with E-state index in [1.165, 1.54) is 19.3 Å². The predicted octanol–water partition coefficient (Wildman–Crippen LogP) is 4.69. The van der Waals surface area contributed by atoms with Crippen LogP contribution in [0.25, 0.3) is 0 Å². The lowest BCUT2D eigenvalue weighted by atomic mass is 10.1. The Morgan fingerprint density at radius 3 is 2.36 bits per heavy atom. The van der Waals surface area contributed by atoms with Crippen molar-refractivity contribution in [1.29, 1.82) is 0 Å². The van der Waals surface area contributed by atoms with Crippen molar-refractivity contribution in [3.05, 3.63) is 58.6 Å². The number of para-hydroxylation sites is 2. The summed E-state index contributed by atoms with van der Waals surface area (Å²) in [6.07, 6.45) is 3.73. The Labute approximate surface area is 139 Å². The molecule has 0 bridgehead atoms. The molecule has 114 valence electrons. The fourth-order valence-corrected chi connectivity index (χ4v) is 3.05.